The number of carbonyl (C=O) groups is 1. The van der Waals surface area contributed by atoms with Gasteiger partial charge in [0.25, 0.3) is 0 Å². The third-order valence-electron chi connectivity index (χ3n) is 1.83. The molecule has 4 heteroatoms. The van der Waals surface area contributed by atoms with Crippen LogP contribution in [0, 0.1) is 0 Å². The highest BCUT2D eigenvalue weighted by Gasteiger charge is 2.11. The van der Waals surface area contributed by atoms with Crippen LogP contribution in [0.2, 0.25) is 0 Å². The van der Waals surface area contributed by atoms with Gasteiger partial charge in [0, 0.05) is 19.6 Å². The van der Waals surface area contributed by atoms with Gasteiger partial charge < -0.3 is 14.2 Å². The molecule has 0 spiro atoms. The van der Waals surface area contributed by atoms with E-state index in [4.69, 9.17) is 9.47 Å². The van der Waals surface area contributed by atoms with E-state index in [0.29, 0.717) is 26.1 Å². The first-order valence-corrected chi connectivity index (χ1v) is 5.54. The average molecular weight is 218 g/mol. The zero-order valence-corrected chi connectivity index (χ0v) is 9.95. The SMILES string of the molecule is CCCOC(CCC(=O)OC)OCCC. The zero-order chi connectivity index (χ0) is 11.5. The second-order valence-electron chi connectivity index (χ2n) is 3.29. The average Bonchev–Trinajstić information content (AvgIpc) is 2.27. The number of methoxy groups -OCH3 is 1. The standard InChI is InChI=1S/C11H22O4/c1-4-8-14-11(15-9-5-2)7-6-10(12)13-3/h11H,4-9H2,1-3H3. The fourth-order valence-corrected chi connectivity index (χ4v) is 1.05. The van der Waals surface area contributed by atoms with E-state index in [-0.39, 0.29) is 12.3 Å². The molecule has 0 fully saturated rings. The Hall–Kier alpha value is -0.610. The molecule has 0 heterocycles. The van der Waals surface area contributed by atoms with E-state index in [0.717, 1.165) is 12.8 Å². The van der Waals surface area contributed by atoms with Gasteiger partial charge >= 0.3 is 5.97 Å². The second kappa shape index (κ2) is 9.93. The minimum atomic E-state index is -0.274. The van der Waals surface area contributed by atoms with Gasteiger partial charge in [-0.3, -0.25) is 4.79 Å². The lowest BCUT2D eigenvalue weighted by Gasteiger charge is -2.17. The molecule has 0 aliphatic carbocycles. The summed E-state index contributed by atoms with van der Waals surface area (Å²) in [5.41, 5.74) is 0. The quantitative estimate of drug-likeness (QED) is 0.439. The van der Waals surface area contributed by atoms with Crippen molar-refractivity contribution in [2.45, 2.75) is 45.8 Å². The predicted octanol–water partition coefficient (Wildman–Crippen LogP) is 2.12. The summed E-state index contributed by atoms with van der Waals surface area (Å²) in [6.45, 7) is 5.40. The van der Waals surface area contributed by atoms with E-state index in [9.17, 15) is 4.79 Å². The van der Waals surface area contributed by atoms with Crippen molar-refractivity contribution in [3.05, 3.63) is 0 Å². The van der Waals surface area contributed by atoms with Gasteiger partial charge in [0.1, 0.15) is 0 Å². The maximum Gasteiger partial charge on any atom is 0.305 e. The minimum Gasteiger partial charge on any atom is -0.469 e. The highest BCUT2D eigenvalue weighted by Crippen LogP contribution is 2.06. The molecule has 0 saturated heterocycles. The number of hydrogen-bond acceptors (Lipinski definition) is 4. The first-order valence-electron chi connectivity index (χ1n) is 5.54. The van der Waals surface area contributed by atoms with Crippen LogP contribution in [0.25, 0.3) is 0 Å². The van der Waals surface area contributed by atoms with Crippen LogP contribution in [0.15, 0.2) is 0 Å². The van der Waals surface area contributed by atoms with Crippen molar-refractivity contribution in [3.8, 4) is 0 Å². The van der Waals surface area contributed by atoms with Crippen LogP contribution in [0.4, 0.5) is 0 Å². The van der Waals surface area contributed by atoms with Crippen LogP contribution >= 0.6 is 0 Å². The molecule has 90 valence electrons. The summed E-state index contributed by atoms with van der Waals surface area (Å²) in [5.74, 6) is -0.222. The minimum absolute atomic E-state index is 0.222. The molecule has 15 heavy (non-hydrogen) atoms. The normalized spacial score (nSPS) is 10.7. The maximum atomic E-state index is 10.9. The van der Waals surface area contributed by atoms with Gasteiger partial charge in [-0.25, -0.2) is 0 Å². The van der Waals surface area contributed by atoms with Crippen molar-refractivity contribution in [3.63, 3.8) is 0 Å². The van der Waals surface area contributed by atoms with Crippen LogP contribution in [-0.2, 0) is 19.0 Å². The Kier molecular flexibility index (Phi) is 9.52. The molecule has 0 atom stereocenters. The Balaban J connectivity index is 3.72. The van der Waals surface area contributed by atoms with E-state index < -0.39 is 0 Å². The van der Waals surface area contributed by atoms with E-state index in [2.05, 4.69) is 4.74 Å². The van der Waals surface area contributed by atoms with Crippen LogP contribution in [-0.4, -0.2) is 32.6 Å². The molecule has 0 aromatic heterocycles. The molecule has 0 aliphatic rings. The summed E-state index contributed by atoms with van der Waals surface area (Å²) in [7, 11) is 1.39. The molecule has 0 radical (unpaired) electrons. The first kappa shape index (κ1) is 14.4. The van der Waals surface area contributed by atoms with Crippen molar-refractivity contribution in [2.24, 2.45) is 0 Å². The van der Waals surface area contributed by atoms with Crippen LogP contribution < -0.4 is 0 Å². The van der Waals surface area contributed by atoms with Crippen molar-refractivity contribution in [1.82, 2.24) is 0 Å². The summed E-state index contributed by atoms with van der Waals surface area (Å²) in [6, 6.07) is 0. The molecule has 0 N–H and O–H groups in total. The summed E-state index contributed by atoms with van der Waals surface area (Å²) < 4.78 is 15.5. The fraction of sp³-hybridized carbons (Fsp3) is 0.909. The highest BCUT2D eigenvalue weighted by molar-refractivity contribution is 5.69. The molecular weight excluding hydrogens is 196 g/mol. The number of hydrogen-bond donors (Lipinski definition) is 0. The largest absolute Gasteiger partial charge is 0.469 e. The summed E-state index contributed by atoms with van der Waals surface area (Å²) >= 11 is 0. The number of ether oxygens (including phenoxy) is 3. The van der Waals surface area contributed by atoms with Crippen LogP contribution in [0.1, 0.15) is 39.5 Å². The Morgan fingerprint density at radius 2 is 1.67 bits per heavy atom. The Labute approximate surface area is 91.9 Å². The molecular formula is C11H22O4. The van der Waals surface area contributed by atoms with Crippen molar-refractivity contribution < 1.29 is 19.0 Å². The highest BCUT2D eigenvalue weighted by atomic mass is 16.7. The molecule has 4 nitrogen and oxygen atoms in total. The molecule has 0 aromatic carbocycles. The van der Waals surface area contributed by atoms with Crippen LogP contribution in [0.5, 0.6) is 0 Å². The summed E-state index contributed by atoms with van der Waals surface area (Å²) in [6.07, 6.45) is 2.53. The summed E-state index contributed by atoms with van der Waals surface area (Å²) in [5, 5.41) is 0. The van der Waals surface area contributed by atoms with Gasteiger partial charge in [0.2, 0.25) is 0 Å². The number of esters is 1. The number of rotatable bonds is 9. The third kappa shape index (κ3) is 8.39. The monoisotopic (exact) mass is 218 g/mol. The molecule has 0 saturated carbocycles. The Bertz CT molecular complexity index is 151. The van der Waals surface area contributed by atoms with Gasteiger partial charge in [-0.05, 0) is 12.8 Å². The molecule has 0 aromatic rings. The van der Waals surface area contributed by atoms with Crippen molar-refractivity contribution >= 4 is 5.97 Å². The Morgan fingerprint density at radius 3 is 2.07 bits per heavy atom. The van der Waals surface area contributed by atoms with Gasteiger partial charge in [-0.1, -0.05) is 13.8 Å². The van der Waals surface area contributed by atoms with Gasteiger partial charge in [0.15, 0.2) is 6.29 Å². The zero-order valence-electron chi connectivity index (χ0n) is 9.95. The predicted molar refractivity (Wildman–Crippen MR) is 57.5 cm³/mol. The van der Waals surface area contributed by atoms with Gasteiger partial charge in [-0.15, -0.1) is 0 Å². The van der Waals surface area contributed by atoms with E-state index in [1.165, 1.54) is 7.11 Å². The van der Waals surface area contributed by atoms with E-state index in [1.54, 1.807) is 0 Å². The Morgan fingerprint density at radius 1 is 1.13 bits per heavy atom. The van der Waals surface area contributed by atoms with E-state index >= 15 is 0 Å². The molecule has 0 bridgehead atoms. The smallest absolute Gasteiger partial charge is 0.305 e. The number of carbonyl (C=O) groups excluding carboxylic acids is 1. The van der Waals surface area contributed by atoms with E-state index in [1.807, 2.05) is 13.8 Å². The van der Waals surface area contributed by atoms with Crippen molar-refractivity contribution in [1.29, 1.82) is 0 Å². The lowest BCUT2D eigenvalue weighted by molar-refractivity contribution is -0.157. The van der Waals surface area contributed by atoms with Gasteiger partial charge in [-0.2, -0.15) is 0 Å². The molecule has 0 aliphatic heterocycles. The molecule has 0 rings (SSSR count). The van der Waals surface area contributed by atoms with Crippen LogP contribution in [0.3, 0.4) is 0 Å². The topological polar surface area (TPSA) is 44.8 Å². The maximum absolute atomic E-state index is 10.9. The second-order valence-corrected chi connectivity index (χ2v) is 3.29. The first-order chi connectivity index (χ1) is 7.24. The lowest BCUT2D eigenvalue weighted by atomic mass is 10.3. The molecule has 0 unspecified atom stereocenters. The fourth-order valence-electron chi connectivity index (χ4n) is 1.05. The lowest BCUT2D eigenvalue weighted by Crippen LogP contribution is -2.20. The van der Waals surface area contributed by atoms with Crippen molar-refractivity contribution in [2.75, 3.05) is 20.3 Å². The van der Waals surface area contributed by atoms with Gasteiger partial charge in [0.05, 0.1) is 13.5 Å². The third-order valence-corrected chi connectivity index (χ3v) is 1.83. The molecule has 0 amide bonds. The summed E-state index contributed by atoms with van der Waals surface area (Å²) in [4.78, 5) is 10.9.